The number of hydrogen-bond acceptors (Lipinski definition) is 3. The van der Waals surface area contributed by atoms with Crippen LogP contribution in [0.3, 0.4) is 0 Å². The van der Waals surface area contributed by atoms with E-state index < -0.39 is 5.97 Å². The molecule has 0 saturated heterocycles. The molecule has 1 saturated carbocycles. The fraction of sp³-hybridized carbons (Fsp3) is 0.545. The van der Waals surface area contributed by atoms with Crippen molar-refractivity contribution in [3.8, 4) is 0 Å². The Balaban J connectivity index is 2.08. The van der Waals surface area contributed by atoms with Gasteiger partial charge >= 0.3 is 5.97 Å². The maximum absolute atomic E-state index is 10.9. The maximum atomic E-state index is 10.9. The zero-order valence-corrected chi connectivity index (χ0v) is 8.77. The van der Waals surface area contributed by atoms with Gasteiger partial charge in [0, 0.05) is 6.04 Å². The van der Waals surface area contributed by atoms with Crippen LogP contribution < -0.4 is 0 Å². The van der Waals surface area contributed by atoms with Crippen molar-refractivity contribution in [2.75, 3.05) is 6.54 Å². The molecule has 15 heavy (non-hydrogen) atoms. The van der Waals surface area contributed by atoms with E-state index in [-0.39, 0.29) is 5.56 Å². The molecule has 0 aromatic carbocycles. The van der Waals surface area contributed by atoms with Crippen LogP contribution in [0, 0.1) is 0 Å². The van der Waals surface area contributed by atoms with Crippen molar-refractivity contribution in [1.29, 1.82) is 0 Å². The first-order valence-corrected chi connectivity index (χ1v) is 5.26. The highest BCUT2D eigenvalue weighted by Gasteiger charge is 2.29. The fourth-order valence-electron chi connectivity index (χ4n) is 1.78. The van der Waals surface area contributed by atoms with Crippen molar-refractivity contribution in [2.24, 2.45) is 0 Å². The van der Waals surface area contributed by atoms with Gasteiger partial charge in [-0.05, 0) is 25.5 Å². The summed E-state index contributed by atoms with van der Waals surface area (Å²) in [6.07, 6.45) is 3.88. The minimum atomic E-state index is -0.911. The first kappa shape index (κ1) is 10.2. The highest BCUT2D eigenvalue weighted by molar-refractivity contribution is 5.88. The quantitative estimate of drug-likeness (QED) is 0.805. The van der Waals surface area contributed by atoms with E-state index in [1.54, 1.807) is 0 Å². The van der Waals surface area contributed by atoms with E-state index >= 15 is 0 Å². The highest BCUT2D eigenvalue weighted by Crippen LogP contribution is 2.28. The van der Waals surface area contributed by atoms with Gasteiger partial charge in [0.15, 0.2) is 0 Å². The molecule has 0 spiro atoms. The number of furan rings is 1. The summed E-state index contributed by atoms with van der Waals surface area (Å²) in [4.78, 5) is 13.1. The zero-order valence-electron chi connectivity index (χ0n) is 8.77. The Kier molecular flexibility index (Phi) is 2.77. The fourth-order valence-corrected chi connectivity index (χ4v) is 1.78. The molecule has 0 atom stereocenters. The summed E-state index contributed by atoms with van der Waals surface area (Å²) < 4.78 is 5.21. The standard InChI is InChI=1S/C11H15NO3/c1-2-12(8-3-4-8)7-10-9(11(13)14)5-6-15-10/h5-6,8H,2-4,7H2,1H3,(H,13,14). The molecule has 2 rings (SSSR count). The van der Waals surface area contributed by atoms with Gasteiger partial charge in [-0.2, -0.15) is 0 Å². The number of hydrogen-bond donors (Lipinski definition) is 1. The van der Waals surface area contributed by atoms with Crippen molar-refractivity contribution in [3.05, 3.63) is 23.7 Å². The first-order chi connectivity index (χ1) is 7.22. The van der Waals surface area contributed by atoms with Crippen molar-refractivity contribution in [3.63, 3.8) is 0 Å². The molecular formula is C11H15NO3. The summed E-state index contributed by atoms with van der Waals surface area (Å²) in [6, 6.07) is 2.14. The number of carboxylic acid groups (broad SMARTS) is 1. The van der Waals surface area contributed by atoms with Crippen LogP contribution in [0.1, 0.15) is 35.9 Å². The molecule has 1 aliphatic carbocycles. The second-order valence-electron chi connectivity index (χ2n) is 3.86. The molecule has 0 radical (unpaired) electrons. The SMILES string of the molecule is CCN(Cc1occc1C(=O)O)C1CC1. The molecule has 4 heteroatoms. The first-order valence-electron chi connectivity index (χ1n) is 5.26. The minimum absolute atomic E-state index is 0.286. The predicted octanol–water partition coefficient (Wildman–Crippen LogP) is 1.96. The van der Waals surface area contributed by atoms with E-state index in [4.69, 9.17) is 9.52 Å². The summed E-state index contributed by atoms with van der Waals surface area (Å²) >= 11 is 0. The molecule has 0 unspecified atom stereocenters. The minimum Gasteiger partial charge on any atom is -0.478 e. The summed E-state index contributed by atoms with van der Waals surface area (Å²) in [6.45, 7) is 3.63. The van der Waals surface area contributed by atoms with Gasteiger partial charge in [-0.3, -0.25) is 4.90 Å². The monoisotopic (exact) mass is 209 g/mol. The van der Waals surface area contributed by atoms with Crippen LogP contribution in [0.2, 0.25) is 0 Å². The van der Waals surface area contributed by atoms with E-state index in [9.17, 15) is 4.79 Å². The molecule has 4 nitrogen and oxygen atoms in total. The molecule has 0 aliphatic heterocycles. The largest absolute Gasteiger partial charge is 0.478 e. The molecule has 0 amide bonds. The predicted molar refractivity (Wildman–Crippen MR) is 54.8 cm³/mol. The van der Waals surface area contributed by atoms with Gasteiger partial charge in [0.1, 0.15) is 11.3 Å². The van der Waals surface area contributed by atoms with Gasteiger partial charge in [-0.1, -0.05) is 6.92 Å². The molecule has 1 fully saturated rings. The average Bonchev–Trinajstić information content (AvgIpc) is 2.93. The van der Waals surface area contributed by atoms with E-state index in [1.165, 1.54) is 25.2 Å². The zero-order chi connectivity index (χ0) is 10.8. The van der Waals surface area contributed by atoms with Crippen molar-refractivity contribution in [1.82, 2.24) is 4.90 Å². The lowest BCUT2D eigenvalue weighted by atomic mass is 10.2. The van der Waals surface area contributed by atoms with Gasteiger partial charge in [0.2, 0.25) is 0 Å². The van der Waals surface area contributed by atoms with Gasteiger partial charge in [0.25, 0.3) is 0 Å². The third-order valence-electron chi connectivity index (χ3n) is 2.79. The Hall–Kier alpha value is -1.29. The number of aromatic carboxylic acids is 1. The Morgan fingerprint density at radius 1 is 1.67 bits per heavy atom. The van der Waals surface area contributed by atoms with Crippen LogP contribution in [0.15, 0.2) is 16.7 Å². The summed E-state index contributed by atoms with van der Waals surface area (Å²) in [5.74, 6) is -0.346. The van der Waals surface area contributed by atoms with Crippen LogP contribution in [0.5, 0.6) is 0 Å². The van der Waals surface area contributed by atoms with Gasteiger partial charge < -0.3 is 9.52 Å². The van der Waals surface area contributed by atoms with Crippen LogP contribution in [0.25, 0.3) is 0 Å². The van der Waals surface area contributed by atoms with E-state index in [1.807, 2.05) is 0 Å². The van der Waals surface area contributed by atoms with Gasteiger partial charge in [-0.15, -0.1) is 0 Å². The summed E-state index contributed by atoms with van der Waals surface area (Å²) in [5.41, 5.74) is 0.286. The second kappa shape index (κ2) is 4.06. The number of carbonyl (C=O) groups is 1. The molecule has 1 aromatic rings. The molecule has 1 N–H and O–H groups in total. The third kappa shape index (κ3) is 2.21. The van der Waals surface area contributed by atoms with E-state index in [2.05, 4.69) is 11.8 Å². The van der Waals surface area contributed by atoms with Crippen LogP contribution >= 0.6 is 0 Å². The molecule has 82 valence electrons. The van der Waals surface area contributed by atoms with Crippen molar-refractivity contribution < 1.29 is 14.3 Å². The summed E-state index contributed by atoms with van der Waals surface area (Å²) in [7, 11) is 0. The molecular weight excluding hydrogens is 194 g/mol. The number of carboxylic acids is 1. The lowest BCUT2D eigenvalue weighted by Gasteiger charge is -2.18. The van der Waals surface area contributed by atoms with Crippen LogP contribution in [-0.2, 0) is 6.54 Å². The Morgan fingerprint density at radius 2 is 2.40 bits per heavy atom. The molecule has 0 bridgehead atoms. The van der Waals surface area contributed by atoms with E-state index in [0.717, 1.165) is 6.54 Å². The third-order valence-corrected chi connectivity index (χ3v) is 2.79. The topological polar surface area (TPSA) is 53.7 Å². The van der Waals surface area contributed by atoms with E-state index in [0.29, 0.717) is 18.3 Å². The second-order valence-corrected chi connectivity index (χ2v) is 3.86. The Labute approximate surface area is 88.5 Å². The lowest BCUT2D eigenvalue weighted by molar-refractivity contribution is 0.0692. The molecule has 1 heterocycles. The Morgan fingerprint density at radius 3 is 2.93 bits per heavy atom. The summed E-state index contributed by atoms with van der Waals surface area (Å²) in [5, 5.41) is 8.92. The number of rotatable bonds is 5. The molecule has 1 aliphatic rings. The molecule has 1 aromatic heterocycles. The van der Waals surface area contributed by atoms with Crippen LogP contribution in [0.4, 0.5) is 0 Å². The normalized spacial score (nSPS) is 15.9. The van der Waals surface area contributed by atoms with Crippen LogP contribution in [-0.4, -0.2) is 28.6 Å². The van der Waals surface area contributed by atoms with Gasteiger partial charge in [-0.25, -0.2) is 4.79 Å². The van der Waals surface area contributed by atoms with Crippen molar-refractivity contribution >= 4 is 5.97 Å². The highest BCUT2D eigenvalue weighted by atomic mass is 16.4. The van der Waals surface area contributed by atoms with Crippen molar-refractivity contribution in [2.45, 2.75) is 32.4 Å². The van der Waals surface area contributed by atoms with Gasteiger partial charge in [0.05, 0.1) is 12.8 Å². The number of nitrogens with zero attached hydrogens (tertiary/aromatic N) is 1. The average molecular weight is 209 g/mol. The Bertz CT molecular complexity index is 354. The smallest absolute Gasteiger partial charge is 0.339 e. The lowest BCUT2D eigenvalue weighted by Crippen LogP contribution is -2.25. The maximum Gasteiger partial charge on any atom is 0.339 e.